The molecule has 0 bridgehead atoms. The minimum Gasteiger partial charge on any atom is -0.399 e. The zero-order valence-electron chi connectivity index (χ0n) is 8.34. The van der Waals surface area contributed by atoms with E-state index in [9.17, 15) is 4.39 Å². The van der Waals surface area contributed by atoms with Crippen molar-refractivity contribution < 1.29 is 4.39 Å². The number of hydrogen-bond acceptors (Lipinski definition) is 3. The van der Waals surface area contributed by atoms with Crippen LogP contribution in [0.2, 0.25) is 0 Å². The molecule has 0 atom stereocenters. The molecule has 1 aromatic heterocycles. The third kappa shape index (κ3) is 2.96. The van der Waals surface area contributed by atoms with Crippen molar-refractivity contribution >= 4 is 38.6 Å². The van der Waals surface area contributed by atoms with Crippen molar-refractivity contribution in [2.24, 2.45) is 0 Å². The molecule has 2 nitrogen and oxygen atoms in total. The first-order chi connectivity index (χ1) is 7.63. The van der Waals surface area contributed by atoms with Crippen LogP contribution in [0.4, 0.5) is 15.8 Å². The smallest absolute Gasteiger partial charge is 0.127 e. The van der Waals surface area contributed by atoms with E-state index in [2.05, 4.69) is 21.2 Å². The van der Waals surface area contributed by atoms with Crippen LogP contribution in [0.3, 0.4) is 0 Å². The number of benzene rings is 1. The number of nitrogen functional groups attached to an aromatic ring is 1. The second-order valence-corrected chi connectivity index (χ2v) is 5.88. The van der Waals surface area contributed by atoms with E-state index in [1.807, 2.05) is 12.1 Å². The highest BCUT2D eigenvalue weighted by Gasteiger charge is 2.00. The van der Waals surface area contributed by atoms with Crippen LogP contribution in [0.5, 0.6) is 0 Å². The molecule has 0 aliphatic carbocycles. The van der Waals surface area contributed by atoms with Gasteiger partial charge in [-0.05, 0) is 46.3 Å². The lowest BCUT2D eigenvalue weighted by molar-refractivity contribution is 0.629. The van der Waals surface area contributed by atoms with Gasteiger partial charge in [0.1, 0.15) is 5.82 Å². The van der Waals surface area contributed by atoms with Crippen molar-refractivity contribution in [3.05, 3.63) is 44.8 Å². The van der Waals surface area contributed by atoms with Crippen molar-refractivity contribution in [2.45, 2.75) is 6.54 Å². The summed E-state index contributed by atoms with van der Waals surface area (Å²) in [6, 6.07) is 8.45. The van der Waals surface area contributed by atoms with Gasteiger partial charge in [0, 0.05) is 22.8 Å². The summed E-state index contributed by atoms with van der Waals surface area (Å²) < 4.78 is 14.1. The molecule has 0 spiro atoms. The van der Waals surface area contributed by atoms with Gasteiger partial charge in [0.05, 0.1) is 3.79 Å². The third-order valence-electron chi connectivity index (χ3n) is 2.02. The van der Waals surface area contributed by atoms with Crippen LogP contribution < -0.4 is 11.1 Å². The van der Waals surface area contributed by atoms with E-state index < -0.39 is 0 Å². The molecule has 1 heterocycles. The molecule has 0 aliphatic heterocycles. The van der Waals surface area contributed by atoms with Crippen LogP contribution in [0.15, 0.2) is 34.1 Å². The summed E-state index contributed by atoms with van der Waals surface area (Å²) >= 11 is 5.04. The summed E-state index contributed by atoms with van der Waals surface area (Å²) in [5.41, 5.74) is 6.67. The summed E-state index contributed by atoms with van der Waals surface area (Å²) in [7, 11) is 0. The Labute approximate surface area is 105 Å². The van der Waals surface area contributed by atoms with E-state index in [0.29, 0.717) is 17.9 Å². The molecule has 84 valence electrons. The highest BCUT2D eigenvalue weighted by Crippen LogP contribution is 2.23. The number of nitrogens with two attached hydrogens (primary N) is 1. The second kappa shape index (κ2) is 4.84. The predicted octanol–water partition coefficient (Wildman–Crippen LogP) is 3.84. The minimum absolute atomic E-state index is 0.324. The van der Waals surface area contributed by atoms with E-state index >= 15 is 0 Å². The number of rotatable bonds is 3. The summed E-state index contributed by atoms with van der Waals surface area (Å²) in [6.07, 6.45) is 0. The Morgan fingerprint density at radius 2 is 2.12 bits per heavy atom. The maximum absolute atomic E-state index is 13.0. The van der Waals surface area contributed by atoms with Gasteiger partial charge in [-0.25, -0.2) is 4.39 Å². The molecule has 1 aromatic carbocycles. The fourth-order valence-electron chi connectivity index (χ4n) is 1.35. The largest absolute Gasteiger partial charge is 0.399 e. The van der Waals surface area contributed by atoms with Gasteiger partial charge in [-0.1, -0.05) is 0 Å². The molecule has 0 aliphatic rings. The average molecular weight is 301 g/mol. The maximum atomic E-state index is 13.0. The normalized spacial score (nSPS) is 10.4. The summed E-state index contributed by atoms with van der Waals surface area (Å²) in [5, 5.41) is 3.13. The molecule has 16 heavy (non-hydrogen) atoms. The Bertz CT molecular complexity index is 478. The van der Waals surface area contributed by atoms with Crippen molar-refractivity contribution in [2.75, 3.05) is 11.1 Å². The molecule has 0 unspecified atom stereocenters. The SMILES string of the molecule is Nc1cc(F)cc(NCc2ccc(Br)s2)c1. The van der Waals surface area contributed by atoms with Gasteiger partial charge in [-0.3, -0.25) is 0 Å². The highest BCUT2D eigenvalue weighted by atomic mass is 79.9. The fourth-order valence-corrected chi connectivity index (χ4v) is 2.77. The topological polar surface area (TPSA) is 38.0 Å². The molecule has 0 radical (unpaired) electrons. The Balaban J connectivity index is 2.04. The van der Waals surface area contributed by atoms with Gasteiger partial charge in [0.2, 0.25) is 0 Å². The molecule has 2 rings (SSSR count). The van der Waals surface area contributed by atoms with Gasteiger partial charge >= 0.3 is 0 Å². The van der Waals surface area contributed by atoms with Crippen molar-refractivity contribution in [3.63, 3.8) is 0 Å². The molecule has 0 fully saturated rings. The predicted molar refractivity (Wildman–Crippen MR) is 70.2 cm³/mol. The monoisotopic (exact) mass is 300 g/mol. The quantitative estimate of drug-likeness (QED) is 0.845. The standard InChI is InChI=1S/C11H10BrFN2S/c12-11-2-1-10(16-11)6-15-9-4-7(13)3-8(14)5-9/h1-5,15H,6,14H2. The molecular weight excluding hydrogens is 291 g/mol. The Morgan fingerprint density at radius 3 is 2.75 bits per heavy atom. The first-order valence-electron chi connectivity index (χ1n) is 4.67. The van der Waals surface area contributed by atoms with E-state index in [0.717, 1.165) is 3.79 Å². The second-order valence-electron chi connectivity index (χ2n) is 3.33. The van der Waals surface area contributed by atoms with E-state index in [4.69, 9.17) is 5.73 Å². The number of halogens is 2. The number of hydrogen-bond donors (Lipinski definition) is 2. The average Bonchev–Trinajstić information content (AvgIpc) is 2.60. The van der Waals surface area contributed by atoms with E-state index in [-0.39, 0.29) is 5.82 Å². The molecule has 0 saturated heterocycles. The Hall–Kier alpha value is -1.07. The molecule has 0 amide bonds. The lowest BCUT2D eigenvalue weighted by Crippen LogP contribution is -1.99. The van der Waals surface area contributed by atoms with Gasteiger partial charge in [0.25, 0.3) is 0 Å². The van der Waals surface area contributed by atoms with E-state index in [1.165, 1.54) is 17.0 Å². The van der Waals surface area contributed by atoms with Crippen LogP contribution in [-0.4, -0.2) is 0 Å². The van der Waals surface area contributed by atoms with Crippen molar-refractivity contribution in [1.29, 1.82) is 0 Å². The number of nitrogens with one attached hydrogen (secondary N) is 1. The van der Waals surface area contributed by atoms with Crippen LogP contribution >= 0.6 is 27.3 Å². The lowest BCUT2D eigenvalue weighted by Gasteiger charge is -2.05. The van der Waals surface area contributed by atoms with Crippen LogP contribution in [0, 0.1) is 5.82 Å². The summed E-state index contributed by atoms with van der Waals surface area (Å²) in [6.45, 7) is 0.666. The zero-order valence-corrected chi connectivity index (χ0v) is 10.7. The Kier molecular flexibility index (Phi) is 3.46. The van der Waals surface area contributed by atoms with E-state index in [1.54, 1.807) is 17.4 Å². The first kappa shape index (κ1) is 11.4. The van der Waals surface area contributed by atoms with Gasteiger partial charge < -0.3 is 11.1 Å². The van der Waals surface area contributed by atoms with Crippen LogP contribution in [-0.2, 0) is 6.54 Å². The van der Waals surface area contributed by atoms with Crippen LogP contribution in [0.25, 0.3) is 0 Å². The lowest BCUT2D eigenvalue weighted by atomic mass is 10.2. The zero-order chi connectivity index (χ0) is 11.5. The molecular formula is C11H10BrFN2S. The van der Waals surface area contributed by atoms with Crippen molar-refractivity contribution in [3.8, 4) is 0 Å². The summed E-state index contributed by atoms with van der Waals surface area (Å²) in [4.78, 5) is 1.18. The molecule has 5 heteroatoms. The third-order valence-corrected chi connectivity index (χ3v) is 3.64. The number of thiophene rings is 1. The summed E-state index contributed by atoms with van der Waals surface area (Å²) in [5.74, 6) is -0.324. The Morgan fingerprint density at radius 1 is 1.31 bits per heavy atom. The fraction of sp³-hybridized carbons (Fsp3) is 0.0909. The van der Waals surface area contributed by atoms with Gasteiger partial charge in [-0.2, -0.15) is 0 Å². The minimum atomic E-state index is -0.324. The van der Waals surface area contributed by atoms with Gasteiger partial charge in [-0.15, -0.1) is 11.3 Å². The number of anilines is 2. The molecule has 3 N–H and O–H groups in total. The highest BCUT2D eigenvalue weighted by molar-refractivity contribution is 9.11. The molecule has 2 aromatic rings. The molecule has 0 saturated carbocycles. The maximum Gasteiger partial charge on any atom is 0.127 e. The van der Waals surface area contributed by atoms with Crippen molar-refractivity contribution in [1.82, 2.24) is 0 Å². The van der Waals surface area contributed by atoms with Crippen LogP contribution in [0.1, 0.15) is 4.88 Å². The first-order valence-corrected chi connectivity index (χ1v) is 6.28. The van der Waals surface area contributed by atoms with Gasteiger partial charge in [0.15, 0.2) is 0 Å².